The van der Waals surface area contributed by atoms with E-state index in [2.05, 4.69) is 15.3 Å². The maximum absolute atomic E-state index is 5.51. The van der Waals surface area contributed by atoms with E-state index in [1.54, 1.807) is 58.9 Å². The first-order valence-corrected chi connectivity index (χ1v) is 9.74. The Bertz CT molecular complexity index is 1160. The lowest BCUT2D eigenvalue weighted by atomic mass is 10.1. The van der Waals surface area contributed by atoms with Crippen LogP contribution in [0.1, 0.15) is 5.56 Å². The normalized spacial score (nSPS) is 10.8. The van der Waals surface area contributed by atoms with Crippen molar-refractivity contribution in [2.75, 3.05) is 42.7 Å². The van der Waals surface area contributed by atoms with Gasteiger partial charge in [-0.1, -0.05) is 0 Å². The predicted molar refractivity (Wildman–Crippen MR) is 122 cm³/mol. The van der Waals surface area contributed by atoms with Crippen LogP contribution >= 0.6 is 12.2 Å². The van der Waals surface area contributed by atoms with Gasteiger partial charge in [-0.05, 0) is 36.5 Å². The van der Waals surface area contributed by atoms with Gasteiger partial charge in [-0.25, -0.2) is 5.10 Å². The molecule has 1 N–H and O–H groups in total. The fourth-order valence-electron chi connectivity index (χ4n) is 3.14. The van der Waals surface area contributed by atoms with E-state index in [1.807, 2.05) is 0 Å². The second kappa shape index (κ2) is 10.1. The lowest BCUT2D eigenvalue weighted by molar-refractivity contribution is 0.324. The Morgan fingerprint density at radius 1 is 0.812 bits per heavy atom. The van der Waals surface area contributed by atoms with Crippen LogP contribution in [0.3, 0.4) is 0 Å². The zero-order chi connectivity index (χ0) is 23.3. The SMILES string of the molecule is COc1cc(-c2n[nH]c(=S)n2N=Cc2ccc(OC)c(OC)c2OC)cc(OC)c1OC. The van der Waals surface area contributed by atoms with Gasteiger partial charge in [0.15, 0.2) is 28.8 Å². The number of aromatic nitrogens is 3. The van der Waals surface area contributed by atoms with E-state index in [1.165, 1.54) is 18.9 Å². The van der Waals surface area contributed by atoms with Crippen LogP contribution in [-0.2, 0) is 0 Å². The smallest absolute Gasteiger partial charge is 0.216 e. The van der Waals surface area contributed by atoms with Crippen molar-refractivity contribution in [2.24, 2.45) is 5.10 Å². The van der Waals surface area contributed by atoms with Crippen LogP contribution in [0.25, 0.3) is 11.4 Å². The minimum absolute atomic E-state index is 0.296. The van der Waals surface area contributed by atoms with E-state index in [0.29, 0.717) is 56.2 Å². The highest BCUT2D eigenvalue weighted by Gasteiger charge is 2.18. The molecule has 0 bridgehead atoms. The molecule has 2 aromatic carbocycles. The number of rotatable bonds is 9. The molecule has 3 rings (SSSR count). The summed E-state index contributed by atoms with van der Waals surface area (Å²) < 4.78 is 34.3. The number of nitrogens with zero attached hydrogens (tertiary/aromatic N) is 3. The molecule has 0 radical (unpaired) electrons. The first-order chi connectivity index (χ1) is 15.5. The van der Waals surface area contributed by atoms with Gasteiger partial charge < -0.3 is 28.4 Å². The molecule has 0 aliphatic rings. The summed E-state index contributed by atoms with van der Waals surface area (Å²) in [6.45, 7) is 0. The van der Waals surface area contributed by atoms with Gasteiger partial charge in [-0.3, -0.25) is 0 Å². The van der Waals surface area contributed by atoms with E-state index in [4.69, 9.17) is 40.6 Å². The maximum Gasteiger partial charge on any atom is 0.216 e. The number of ether oxygens (including phenoxy) is 6. The number of hydrogen-bond acceptors (Lipinski definition) is 9. The molecule has 0 fully saturated rings. The molecule has 0 amide bonds. The standard InChI is InChI=1S/C21H24N4O6S/c1-26-14-8-7-12(17(29-4)19(14)31-6)11-22-25-20(23-24-21(25)32)13-9-15(27-2)18(30-5)16(10-13)28-3/h7-11H,1-6H3,(H,24,32). The van der Waals surface area contributed by atoms with Crippen molar-refractivity contribution in [3.05, 3.63) is 34.6 Å². The van der Waals surface area contributed by atoms with Gasteiger partial charge in [0.05, 0.1) is 48.9 Å². The van der Waals surface area contributed by atoms with E-state index < -0.39 is 0 Å². The number of benzene rings is 2. The highest BCUT2D eigenvalue weighted by Crippen LogP contribution is 2.41. The van der Waals surface area contributed by atoms with Gasteiger partial charge in [0, 0.05) is 11.1 Å². The Morgan fingerprint density at radius 3 is 1.94 bits per heavy atom. The molecule has 1 aromatic heterocycles. The van der Waals surface area contributed by atoms with Gasteiger partial charge in [-0.2, -0.15) is 14.9 Å². The molecule has 0 unspecified atom stereocenters. The van der Waals surface area contributed by atoms with Crippen molar-refractivity contribution in [3.8, 4) is 45.9 Å². The Balaban J connectivity index is 2.11. The molecule has 11 heteroatoms. The zero-order valence-corrected chi connectivity index (χ0v) is 19.4. The quantitative estimate of drug-likeness (QED) is 0.382. The van der Waals surface area contributed by atoms with Gasteiger partial charge in [0.2, 0.25) is 16.3 Å². The molecular formula is C21H24N4O6S. The molecule has 3 aromatic rings. The molecule has 0 saturated heterocycles. The lowest BCUT2D eigenvalue weighted by Crippen LogP contribution is -2.01. The minimum atomic E-state index is 0.296. The van der Waals surface area contributed by atoms with Crippen molar-refractivity contribution in [1.29, 1.82) is 0 Å². The third kappa shape index (κ3) is 4.19. The molecule has 1 heterocycles. The summed E-state index contributed by atoms with van der Waals surface area (Å²) >= 11 is 5.38. The molecule has 0 spiro atoms. The molecular weight excluding hydrogens is 436 g/mol. The Morgan fingerprint density at radius 2 is 1.41 bits per heavy atom. The van der Waals surface area contributed by atoms with Crippen LogP contribution in [0.2, 0.25) is 0 Å². The van der Waals surface area contributed by atoms with Crippen LogP contribution in [0.4, 0.5) is 0 Å². The van der Waals surface area contributed by atoms with Crippen LogP contribution in [0.5, 0.6) is 34.5 Å². The van der Waals surface area contributed by atoms with Crippen LogP contribution < -0.4 is 28.4 Å². The van der Waals surface area contributed by atoms with Gasteiger partial charge in [0.1, 0.15) is 0 Å². The van der Waals surface area contributed by atoms with Gasteiger partial charge in [0.25, 0.3) is 0 Å². The molecule has 10 nitrogen and oxygen atoms in total. The summed E-state index contributed by atoms with van der Waals surface area (Å²) in [5.74, 6) is 3.35. The number of hydrogen-bond donors (Lipinski definition) is 1. The van der Waals surface area contributed by atoms with E-state index >= 15 is 0 Å². The zero-order valence-electron chi connectivity index (χ0n) is 18.6. The van der Waals surface area contributed by atoms with Crippen molar-refractivity contribution in [3.63, 3.8) is 0 Å². The Labute approximate surface area is 190 Å². The number of aromatic amines is 1. The van der Waals surface area contributed by atoms with Crippen molar-refractivity contribution in [1.82, 2.24) is 14.9 Å². The van der Waals surface area contributed by atoms with Gasteiger partial charge >= 0.3 is 0 Å². The summed E-state index contributed by atoms with van der Waals surface area (Å²) in [6.07, 6.45) is 1.59. The summed E-state index contributed by atoms with van der Waals surface area (Å²) in [5, 5.41) is 11.6. The van der Waals surface area contributed by atoms with Crippen molar-refractivity contribution < 1.29 is 28.4 Å². The second-order valence-corrected chi connectivity index (χ2v) is 6.63. The van der Waals surface area contributed by atoms with E-state index in [9.17, 15) is 0 Å². The van der Waals surface area contributed by atoms with E-state index in [-0.39, 0.29) is 0 Å². The minimum Gasteiger partial charge on any atom is -0.493 e. The highest BCUT2D eigenvalue weighted by atomic mass is 32.1. The number of methoxy groups -OCH3 is 6. The second-order valence-electron chi connectivity index (χ2n) is 6.25. The molecule has 0 aliphatic heterocycles. The topological polar surface area (TPSA) is 101 Å². The molecule has 0 saturated carbocycles. The lowest BCUT2D eigenvalue weighted by Gasteiger charge is -2.14. The summed E-state index contributed by atoms with van der Waals surface area (Å²) in [4.78, 5) is 0. The first kappa shape index (κ1) is 22.9. The predicted octanol–water partition coefficient (Wildman–Crippen LogP) is 3.54. The fraction of sp³-hybridized carbons (Fsp3) is 0.286. The Kier molecular flexibility index (Phi) is 7.21. The molecule has 32 heavy (non-hydrogen) atoms. The highest BCUT2D eigenvalue weighted by molar-refractivity contribution is 7.71. The summed E-state index contributed by atoms with van der Waals surface area (Å²) in [6, 6.07) is 7.08. The molecule has 0 atom stereocenters. The molecule has 170 valence electrons. The fourth-order valence-corrected chi connectivity index (χ4v) is 3.32. The molecule has 0 aliphatic carbocycles. The van der Waals surface area contributed by atoms with Crippen molar-refractivity contribution in [2.45, 2.75) is 0 Å². The van der Waals surface area contributed by atoms with Crippen LogP contribution in [-0.4, -0.2) is 63.7 Å². The third-order valence-electron chi connectivity index (χ3n) is 4.62. The van der Waals surface area contributed by atoms with Crippen LogP contribution in [0, 0.1) is 4.77 Å². The maximum atomic E-state index is 5.51. The largest absolute Gasteiger partial charge is 0.493 e. The first-order valence-electron chi connectivity index (χ1n) is 9.34. The summed E-state index contributed by atoms with van der Waals surface area (Å²) in [5.41, 5.74) is 1.31. The van der Waals surface area contributed by atoms with E-state index in [0.717, 1.165) is 0 Å². The monoisotopic (exact) mass is 460 g/mol. The number of H-pyrrole nitrogens is 1. The third-order valence-corrected chi connectivity index (χ3v) is 4.88. The summed E-state index contributed by atoms with van der Waals surface area (Å²) in [7, 11) is 9.26. The average Bonchev–Trinajstić information content (AvgIpc) is 3.20. The number of nitrogens with one attached hydrogen (secondary N) is 1. The van der Waals surface area contributed by atoms with Crippen molar-refractivity contribution >= 4 is 18.4 Å². The average molecular weight is 461 g/mol. The van der Waals surface area contributed by atoms with Gasteiger partial charge in [-0.15, -0.1) is 0 Å². The Hall–Kier alpha value is -3.73. The van der Waals surface area contributed by atoms with Crippen LogP contribution in [0.15, 0.2) is 29.4 Å².